The number of non-ortho nitro benzene ring substituents is 1. The molecule has 6 nitrogen and oxygen atoms in total. The van der Waals surface area contributed by atoms with Crippen molar-refractivity contribution in [3.63, 3.8) is 0 Å². The van der Waals surface area contributed by atoms with Crippen LogP contribution < -0.4 is 0 Å². The van der Waals surface area contributed by atoms with Crippen LogP contribution >= 0.6 is 23.8 Å². The fraction of sp³-hybridized carbons (Fsp3) is 0.0526. The first-order valence-electron chi connectivity index (χ1n) is 8.06. The van der Waals surface area contributed by atoms with Gasteiger partial charge in [0, 0.05) is 40.7 Å². The molecule has 0 bridgehead atoms. The summed E-state index contributed by atoms with van der Waals surface area (Å²) in [6.07, 6.45) is 3.57. The van der Waals surface area contributed by atoms with Crippen molar-refractivity contribution in [3.05, 3.63) is 80.2 Å². The fourth-order valence-corrected chi connectivity index (χ4v) is 3.43. The van der Waals surface area contributed by atoms with Gasteiger partial charge in [-0.3, -0.25) is 14.5 Å². The lowest BCUT2D eigenvalue weighted by atomic mass is 10.0. The van der Waals surface area contributed by atoms with Gasteiger partial charge in [-0.2, -0.15) is 0 Å². The van der Waals surface area contributed by atoms with Gasteiger partial charge in [0.2, 0.25) is 5.78 Å². The molecule has 2 aromatic heterocycles. The van der Waals surface area contributed by atoms with Crippen LogP contribution in [0.3, 0.4) is 0 Å². The Morgan fingerprint density at radius 2 is 1.93 bits per heavy atom. The van der Waals surface area contributed by atoms with Gasteiger partial charge >= 0.3 is 0 Å². The second-order valence-electron chi connectivity index (χ2n) is 6.05. The van der Waals surface area contributed by atoms with E-state index >= 15 is 0 Å². The Labute approximate surface area is 164 Å². The second kappa shape index (κ2) is 6.61. The van der Waals surface area contributed by atoms with Gasteiger partial charge in [-0.15, -0.1) is 0 Å². The monoisotopic (exact) mass is 396 g/mol. The predicted octanol–water partition coefficient (Wildman–Crippen LogP) is 5.60. The SMILES string of the molecule is Cc1c(Cl)cccc1-c1cnc2[nH]c(-c3ccc([N+](=O)[O-])cc3)cn2c1=S. The molecular weight excluding hydrogens is 384 g/mol. The van der Waals surface area contributed by atoms with Crippen LogP contribution in [0.5, 0.6) is 0 Å². The first-order chi connectivity index (χ1) is 13.0. The van der Waals surface area contributed by atoms with Gasteiger partial charge in [0.25, 0.3) is 5.69 Å². The summed E-state index contributed by atoms with van der Waals surface area (Å²) >= 11 is 11.9. The van der Waals surface area contributed by atoms with Crippen LogP contribution in [0, 0.1) is 21.7 Å². The lowest BCUT2D eigenvalue weighted by molar-refractivity contribution is -0.384. The number of imidazole rings is 1. The van der Waals surface area contributed by atoms with Crippen LogP contribution in [0.15, 0.2) is 54.9 Å². The number of hydrogen-bond donors (Lipinski definition) is 1. The smallest absolute Gasteiger partial charge is 0.269 e. The molecule has 2 heterocycles. The van der Waals surface area contributed by atoms with Gasteiger partial charge in [0.05, 0.1) is 10.6 Å². The molecule has 0 fully saturated rings. The number of H-pyrrole nitrogens is 1. The lowest BCUT2D eigenvalue weighted by Gasteiger charge is -2.08. The molecule has 27 heavy (non-hydrogen) atoms. The third-order valence-corrected chi connectivity index (χ3v) is 5.27. The number of fused-ring (bicyclic) bond motifs is 1. The van der Waals surface area contributed by atoms with E-state index < -0.39 is 4.92 Å². The molecule has 0 unspecified atom stereocenters. The summed E-state index contributed by atoms with van der Waals surface area (Å²) in [5.74, 6) is 0.594. The molecule has 0 saturated carbocycles. The highest BCUT2D eigenvalue weighted by Gasteiger charge is 2.12. The fourth-order valence-electron chi connectivity index (χ4n) is 2.96. The van der Waals surface area contributed by atoms with E-state index in [1.165, 1.54) is 12.1 Å². The Morgan fingerprint density at radius 3 is 2.63 bits per heavy atom. The zero-order chi connectivity index (χ0) is 19.1. The van der Waals surface area contributed by atoms with Gasteiger partial charge in [-0.05, 0) is 36.2 Å². The molecule has 0 spiro atoms. The van der Waals surface area contributed by atoms with Crippen LogP contribution in [0.2, 0.25) is 5.02 Å². The Morgan fingerprint density at radius 1 is 1.19 bits per heavy atom. The Kier molecular flexibility index (Phi) is 4.25. The summed E-state index contributed by atoms with van der Waals surface area (Å²) in [4.78, 5) is 18.1. The van der Waals surface area contributed by atoms with E-state index in [4.69, 9.17) is 23.8 Å². The quantitative estimate of drug-likeness (QED) is 0.278. The zero-order valence-electron chi connectivity index (χ0n) is 14.1. The minimum absolute atomic E-state index is 0.0447. The maximum absolute atomic E-state index is 10.8. The number of nitrogens with zero attached hydrogens (tertiary/aromatic N) is 3. The molecule has 8 heteroatoms. The standard InChI is InChI=1S/C19H13ClN4O2S/c1-11-14(3-2-4-16(11)20)15-9-21-19-22-17(10-23(19)18(15)27)12-5-7-13(8-6-12)24(25)26/h2-10H,1H3,(H,21,22). The van der Waals surface area contributed by atoms with Crippen molar-refractivity contribution >= 4 is 35.3 Å². The van der Waals surface area contributed by atoms with Gasteiger partial charge in [-0.25, -0.2) is 4.98 Å². The minimum Gasteiger partial charge on any atom is -0.323 e. The molecule has 1 N–H and O–H groups in total. The first kappa shape index (κ1) is 17.4. The Balaban J connectivity index is 1.84. The average Bonchev–Trinajstić information content (AvgIpc) is 3.10. The molecule has 0 aliphatic heterocycles. The minimum atomic E-state index is -0.424. The van der Waals surface area contributed by atoms with Crippen LogP contribution in [-0.4, -0.2) is 19.3 Å². The van der Waals surface area contributed by atoms with Crippen molar-refractivity contribution in [2.45, 2.75) is 6.92 Å². The summed E-state index contributed by atoms with van der Waals surface area (Å²) < 4.78 is 2.40. The average molecular weight is 397 g/mol. The van der Waals surface area contributed by atoms with Crippen LogP contribution in [0.1, 0.15) is 5.56 Å². The number of benzene rings is 2. The van der Waals surface area contributed by atoms with Crippen LogP contribution in [0.4, 0.5) is 5.69 Å². The maximum Gasteiger partial charge on any atom is 0.269 e. The largest absolute Gasteiger partial charge is 0.323 e. The molecule has 0 radical (unpaired) electrons. The molecule has 2 aromatic carbocycles. The molecule has 0 aliphatic carbocycles. The van der Waals surface area contributed by atoms with E-state index in [0.29, 0.717) is 15.4 Å². The Bertz CT molecular complexity index is 1250. The van der Waals surface area contributed by atoms with E-state index in [-0.39, 0.29) is 5.69 Å². The van der Waals surface area contributed by atoms with Gasteiger partial charge in [-0.1, -0.05) is 36.0 Å². The van der Waals surface area contributed by atoms with Crippen molar-refractivity contribution in [1.82, 2.24) is 14.4 Å². The molecule has 4 aromatic rings. The highest BCUT2D eigenvalue weighted by atomic mass is 35.5. The van der Waals surface area contributed by atoms with Crippen molar-refractivity contribution in [1.29, 1.82) is 0 Å². The summed E-state index contributed by atoms with van der Waals surface area (Å²) in [6, 6.07) is 12.0. The van der Waals surface area contributed by atoms with Crippen molar-refractivity contribution < 1.29 is 4.92 Å². The van der Waals surface area contributed by atoms with E-state index in [1.54, 1.807) is 22.7 Å². The lowest BCUT2D eigenvalue weighted by Crippen LogP contribution is -1.94. The van der Waals surface area contributed by atoms with Gasteiger partial charge < -0.3 is 4.98 Å². The van der Waals surface area contributed by atoms with Gasteiger partial charge in [0.15, 0.2) is 0 Å². The number of hydrogen-bond acceptors (Lipinski definition) is 4. The topological polar surface area (TPSA) is 76.2 Å². The van der Waals surface area contributed by atoms with Crippen LogP contribution in [-0.2, 0) is 0 Å². The number of rotatable bonds is 3. The molecule has 134 valence electrons. The summed E-state index contributed by atoms with van der Waals surface area (Å²) in [7, 11) is 0. The summed E-state index contributed by atoms with van der Waals surface area (Å²) in [6.45, 7) is 1.95. The summed E-state index contributed by atoms with van der Waals surface area (Å²) in [5.41, 5.74) is 4.31. The van der Waals surface area contributed by atoms with Crippen molar-refractivity contribution in [3.8, 4) is 22.4 Å². The maximum atomic E-state index is 10.8. The Hall–Kier alpha value is -3.03. The van der Waals surface area contributed by atoms with E-state index in [1.807, 2.05) is 31.3 Å². The van der Waals surface area contributed by atoms with Crippen molar-refractivity contribution in [2.24, 2.45) is 0 Å². The normalized spacial score (nSPS) is 11.0. The van der Waals surface area contributed by atoms with Crippen molar-refractivity contribution in [2.75, 3.05) is 0 Å². The van der Waals surface area contributed by atoms with Crippen LogP contribution in [0.25, 0.3) is 28.2 Å². The van der Waals surface area contributed by atoms with E-state index in [2.05, 4.69) is 9.97 Å². The molecule has 0 saturated heterocycles. The number of aromatic nitrogens is 3. The predicted molar refractivity (Wildman–Crippen MR) is 108 cm³/mol. The highest BCUT2D eigenvalue weighted by molar-refractivity contribution is 7.71. The highest BCUT2D eigenvalue weighted by Crippen LogP contribution is 2.30. The number of nitrogens with one attached hydrogen (secondary N) is 1. The zero-order valence-corrected chi connectivity index (χ0v) is 15.7. The number of halogens is 1. The van der Waals surface area contributed by atoms with E-state index in [9.17, 15) is 10.1 Å². The third-order valence-electron chi connectivity index (χ3n) is 4.44. The number of nitro groups is 1. The first-order valence-corrected chi connectivity index (χ1v) is 8.85. The van der Waals surface area contributed by atoms with E-state index in [0.717, 1.165) is 27.9 Å². The second-order valence-corrected chi connectivity index (χ2v) is 6.85. The third kappa shape index (κ3) is 3.01. The van der Waals surface area contributed by atoms with Gasteiger partial charge in [0.1, 0.15) is 4.64 Å². The summed E-state index contributed by atoms with van der Waals surface area (Å²) in [5, 5.41) is 11.5. The molecule has 0 aliphatic rings. The number of nitro benzene ring substituents is 1. The number of aromatic amines is 1. The molecular formula is C19H13ClN4O2S. The molecule has 0 amide bonds. The molecule has 4 rings (SSSR count). The molecule has 0 atom stereocenters.